The van der Waals surface area contributed by atoms with E-state index >= 15 is 0 Å². The number of aliphatic hydroxyl groups excluding tert-OH is 1. The summed E-state index contributed by atoms with van der Waals surface area (Å²) in [5.41, 5.74) is 4.03. The maximum absolute atomic E-state index is 13.5. The van der Waals surface area contributed by atoms with Gasteiger partial charge >= 0.3 is 0 Å². The molecule has 0 radical (unpaired) electrons. The monoisotopic (exact) mass is 317 g/mol. The van der Waals surface area contributed by atoms with Crippen molar-refractivity contribution < 1.29 is 9.50 Å². The highest BCUT2D eigenvalue weighted by molar-refractivity contribution is 5.26. The van der Waals surface area contributed by atoms with Gasteiger partial charge in [0.1, 0.15) is 5.82 Å². The molecule has 1 atom stereocenters. The van der Waals surface area contributed by atoms with Crippen LogP contribution >= 0.6 is 0 Å². The van der Waals surface area contributed by atoms with Crippen LogP contribution < -0.4 is 0 Å². The van der Waals surface area contributed by atoms with Crippen LogP contribution in [0.2, 0.25) is 0 Å². The van der Waals surface area contributed by atoms with Gasteiger partial charge in [-0.2, -0.15) is 5.10 Å². The van der Waals surface area contributed by atoms with E-state index in [-0.39, 0.29) is 5.82 Å². The van der Waals surface area contributed by atoms with Crippen LogP contribution in [0.5, 0.6) is 0 Å². The minimum absolute atomic E-state index is 0.182. The summed E-state index contributed by atoms with van der Waals surface area (Å²) < 4.78 is 15.5. The Morgan fingerprint density at radius 3 is 2.91 bits per heavy atom. The van der Waals surface area contributed by atoms with E-state index in [1.807, 2.05) is 30.7 Å². The Kier molecular flexibility index (Phi) is 4.78. The Bertz CT molecular complexity index is 683. The molecule has 1 N–H and O–H groups in total. The smallest absolute Gasteiger partial charge is 0.123 e. The van der Waals surface area contributed by atoms with E-state index < -0.39 is 6.10 Å². The molecule has 5 heteroatoms. The first-order chi connectivity index (χ1) is 11.1. The average molecular weight is 317 g/mol. The van der Waals surface area contributed by atoms with Crippen molar-refractivity contribution >= 4 is 0 Å². The van der Waals surface area contributed by atoms with Gasteiger partial charge in [0.25, 0.3) is 0 Å². The van der Waals surface area contributed by atoms with E-state index in [1.54, 1.807) is 6.07 Å². The third-order valence-corrected chi connectivity index (χ3v) is 4.55. The van der Waals surface area contributed by atoms with Crippen LogP contribution in [0.3, 0.4) is 0 Å². The number of nitrogens with zero attached hydrogens (tertiary/aromatic N) is 3. The fourth-order valence-corrected chi connectivity index (χ4v) is 3.11. The summed E-state index contributed by atoms with van der Waals surface area (Å²) in [6.07, 6.45) is 1.18. The van der Waals surface area contributed by atoms with Crippen LogP contribution in [-0.2, 0) is 19.6 Å². The predicted octanol–water partition coefficient (Wildman–Crippen LogP) is 3.18. The molecule has 4 nitrogen and oxygen atoms in total. The molecular weight excluding hydrogens is 293 g/mol. The highest BCUT2D eigenvalue weighted by Gasteiger charge is 2.19. The molecule has 1 aromatic heterocycles. The van der Waals surface area contributed by atoms with Crippen LogP contribution in [0, 0.1) is 12.7 Å². The van der Waals surface area contributed by atoms with Crippen molar-refractivity contribution in [1.29, 1.82) is 0 Å². The molecule has 0 spiro atoms. The topological polar surface area (TPSA) is 41.3 Å². The van der Waals surface area contributed by atoms with Gasteiger partial charge in [0.05, 0.1) is 17.5 Å². The standard InChI is InChI=1S/C18H24FN3O/c1-3-18(23)17-10-16-12-21(7-4-8-22(16)20-17)11-14-9-15(19)6-5-13(14)2/h5-6,9-10,18,23H,3-4,7-8,11-12H2,1-2H3. The molecule has 0 aliphatic carbocycles. The summed E-state index contributed by atoms with van der Waals surface area (Å²) >= 11 is 0. The Labute approximate surface area is 136 Å². The van der Waals surface area contributed by atoms with Crippen LogP contribution in [0.4, 0.5) is 4.39 Å². The van der Waals surface area contributed by atoms with Gasteiger partial charge in [-0.1, -0.05) is 13.0 Å². The summed E-state index contributed by atoms with van der Waals surface area (Å²) in [4.78, 5) is 2.32. The number of hydrogen-bond donors (Lipinski definition) is 1. The molecular formula is C18H24FN3O. The van der Waals surface area contributed by atoms with Crippen molar-refractivity contribution in [2.24, 2.45) is 0 Å². The van der Waals surface area contributed by atoms with Gasteiger partial charge < -0.3 is 5.11 Å². The summed E-state index contributed by atoms with van der Waals surface area (Å²) in [6, 6.07) is 6.98. The van der Waals surface area contributed by atoms with Crippen molar-refractivity contribution in [3.05, 3.63) is 52.6 Å². The predicted molar refractivity (Wildman–Crippen MR) is 87.3 cm³/mol. The summed E-state index contributed by atoms with van der Waals surface area (Å²) in [5, 5.41) is 14.5. The zero-order chi connectivity index (χ0) is 16.4. The molecule has 3 rings (SSSR count). The summed E-state index contributed by atoms with van der Waals surface area (Å²) in [6.45, 7) is 7.32. The summed E-state index contributed by atoms with van der Waals surface area (Å²) in [5.74, 6) is -0.182. The molecule has 0 amide bonds. The van der Waals surface area contributed by atoms with Crippen molar-refractivity contribution in [3.8, 4) is 0 Å². The molecule has 0 fully saturated rings. The minimum atomic E-state index is -0.492. The van der Waals surface area contributed by atoms with Gasteiger partial charge in [-0.15, -0.1) is 0 Å². The van der Waals surface area contributed by atoms with E-state index in [4.69, 9.17) is 0 Å². The molecule has 1 aromatic carbocycles. The van der Waals surface area contributed by atoms with Crippen LogP contribution in [0.1, 0.15) is 48.4 Å². The highest BCUT2D eigenvalue weighted by Crippen LogP contribution is 2.21. The third kappa shape index (κ3) is 3.62. The Balaban J connectivity index is 1.78. The van der Waals surface area contributed by atoms with Gasteiger partial charge in [-0.3, -0.25) is 9.58 Å². The third-order valence-electron chi connectivity index (χ3n) is 4.55. The maximum Gasteiger partial charge on any atom is 0.123 e. The Hall–Kier alpha value is -1.72. The zero-order valence-corrected chi connectivity index (χ0v) is 13.8. The second kappa shape index (κ2) is 6.81. The molecule has 1 aliphatic rings. The number of fused-ring (bicyclic) bond motifs is 1. The lowest BCUT2D eigenvalue weighted by atomic mass is 10.1. The van der Waals surface area contributed by atoms with Crippen molar-refractivity contribution in [2.45, 2.75) is 52.4 Å². The first kappa shape index (κ1) is 16.1. The van der Waals surface area contributed by atoms with E-state index in [1.165, 1.54) is 6.07 Å². The van der Waals surface area contributed by atoms with Gasteiger partial charge in [0.2, 0.25) is 0 Å². The lowest BCUT2D eigenvalue weighted by molar-refractivity contribution is 0.167. The first-order valence-electron chi connectivity index (χ1n) is 8.29. The van der Waals surface area contributed by atoms with E-state index in [0.29, 0.717) is 6.42 Å². The fourth-order valence-electron chi connectivity index (χ4n) is 3.11. The SMILES string of the molecule is CCC(O)c1cc2n(n1)CCCN(Cc1cc(F)ccc1C)C2. The van der Waals surface area contributed by atoms with Crippen LogP contribution in [0.25, 0.3) is 0 Å². The Morgan fingerprint density at radius 1 is 1.30 bits per heavy atom. The number of halogens is 1. The van der Waals surface area contributed by atoms with Gasteiger partial charge in [0.15, 0.2) is 0 Å². The molecule has 23 heavy (non-hydrogen) atoms. The molecule has 1 unspecified atom stereocenters. The highest BCUT2D eigenvalue weighted by atomic mass is 19.1. The van der Waals surface area contributed by atoms with Gasteiger partial charge in [-0.25, -0.2) is 4.39 Å². The number of hydrogen-bond acceptors (Lipinski definition) is 3. The normalized spacial score (nSPS) is 16.9. The second-order valence-electron chi connectivity index (χ2n) is 6.34. The minimum Gasteiger partial charge on any atom is -0.387 e. The Morgan fingerprint density at radius 2 is 2.13 bits per heavy atom. The second-order valence-corrected chi connectivity index (χ2v) is 6.34. The fraction of sp³-hybridized carbons (Fsp3) is 0.500. The number of benzene rings is 1. The molecule has 0 bridgehead atoms. The number of rotatable bonds is 4. The zero-order valence-electron chi connectivity index (χ0n) is 13.8. The molecule has 0 saturated carbocycles. The molecule has 2 aromatic rings. The lowest BCUT2D eigenvalue weighted by Gasteiger charge is -2.20. The van der Waals surface area contributed by atoms with Crippen molar-refractivity contribution in [1.82, 2.24) is 14.7 Å². The number of aromatic nitrogens is 2. The van der Waals surface area contributed by atoms with Crippen molar-refractivity contribution in [2.75, 3.05) is 6.54 Å². The molecule has 2 heterocycles. The molecule has 0 saturated heterocycles. The maximum atomic E-state index is 13.5. The van der Waals surface area contributed by atoms with Crippen molar-refractivity contribution in [3.63, 3.8) is 0 Å². The van der Waals surface area contributed by atoms with Gasteiger partial charge in [-0.05, 0) is 49.1 Å². The van der Waals surface area contributed by atoms with Crippen LogP contribution in [0.15, 0.2) is 24.3 Å². The number of aryl methyl sites for hydroxylation is 2. The van der Waals surface area contributed by atoms with E-state index in [0.717, 1.165) is 55.1 Å². The quantitative estimate of drug-likeness (QED) is 0.941. The van der Waals surface area contributed by atoms with E-state index in [2.05, 4.69) is 10.00 Å². The molecule has 124 valence electrons. The van der Waals surface area contributed by atoms with E-state index in [9.17, 15) is 9.50 Å². The average Bonchev–Trinajstić information content (AvgIpc) is 2.83. The van der Waals surface area contributed by atoms with Crippen LogP contribution in [-0.4, -0.2) is 26.3 Å². The number of aliphatic hydroxyl groups is 1. The largest absolute Gasteiger partial charge is 0.387 e. The lowest BCUT2D eigenvalue weighted by Crippen LogP contribution is -2.23. The summed E-state index contributed by atoms with van der Waals surface area (Å²) in [7, 11) is 0. The van der Waals surface area contributed by atoms with Gasteiger partial charge in [0, 0.05) is 26.2 Å². The molecule has 1 aliphatic heterocycles. The first-order valence-corrected chi connectivity index (χ1v) is 8.29.